The second-order valence-corrected chi connectivity index (χ2v) is 7.74. The first-order valence-corrected chi connectivity index (χ1v) is 9.81. The Morgan fingerprint density at radius 2 is 1.04 bits per heavy atom. The average molecular weight is 338 g/mol. The van der Waals surface area contributed by atoms with Crippen molar-refractivity contribution in [3.63, 3.8) is 0 Å². The van der Waals surface area contributed by atoms with Crippen molar-refractivity contribution in [2.75, 3.05) is 14.2 Å². The fourth-order valence-electron chi connectivity index (χ4n) is 4.72. The first-order chi connectivity index (χ1) is 11.7. The Labute approximate surface area is 146 Å². The molecule has 2 aliphatic rings. The standard InChI is InChI=1S/C20H34O4/c1-23-19(21)17(13-15-9-5-3-6-10-15)18(20(22)24-2)14-16-11-7-4-8-12-16/h15-18H,3-14H2,1-2H3. The molecule has 138 valence electrons. The Balaban J connectivity index is 2.09. The maximum atomic E-state index is 12.5. The van der Waals surface area contributed by atoms with Crippen LogP contribution in [-0.2, 0) is 19.1 Å². The SMILES string of the molecule is COC(=O)C(CC1CCCCC1)C(CC1CCCCC1)C(=O)OC. The van der Waals surface area contributed by atoms with E-state index in [1.165, 1.54) is 78.4 Å². The Hall–Kier alpha value is -1.06. The van der Waals surface area contributed by atoms with Gasteiger partial charge in [-0.25, -0.2) is 0 Å². The molecule has 2 atom stereocenters. The van der Waals surface area contributed by atoms with Crippen LogP contribution in [-0.4, -0.2) is 26.2 Å². The fraction of sp³-hybridized carbons (Fsp3) is 0.900. The summed E-state index contributed by atoms with van der Waals surface area (Å²) in [6, 6.07) is 0. The zero-order chi connectivity index (χ0) is 17.4. The summed E-state index contributed by atoms with van der Waals surface area (Å²) in [4.78, 5) is 24.9. The highest BCUT2D eigenvalue weighted by molar-refractivity contribution is 5.82. The lowest BCUT2D eigenvalue weighted by Crippen LogP contribution is -2.35. The van der Waals surface area contributed by atoms with Gasteiger partial charge >= 0.3 is 11.9 Å². The number of carbonyl (C=O) groups excluding carboxylic acids is 2. The van der Waals surface area contributed by atoms with Gasteiger partial charge in [0.25, 0.3) is 0 Å². The van der Waals surface area contributed by atoms with Crippen molar-refractivity contribution in [1.82, 2.24) is 0 Å². The molecule has 0 spiro atoms. The van der Waals surface area contributed by atoms with E-state index >= 15 is 0 Å². The lowest BCUT2D eigenvalue weighted by atomic mass is 9.73. The normalized spacial score (nSPS) is 22.6. The van der Waals surface area contributed by atoms with Crippen molar-refractivity contribution in [2.24, 2.45) is 23.7 Å². The van der Waals surface area contributed by atoms with E-state index in [1.54, 1.807) is 0 Å². The third-order valence-corrected chi connectivity index (χ3v) is 6.12. The van der Waals surface area contributed by atoms with E-state index in [-0.39, 0.29) is 23.8 Å². The predicted octanol–water partition coefficient (Wildman–Crippen LogP) is 4.51. The number of methoxy groups -OCH3 is 2. The maximum Gasteiger partial charge on any atom is 0.309 e. The molecule has 2 saturated carbocycles. The summed E-state index contributed by atoms with van der Waals surface area (Å²) in [6.07, 6.45) is 13.8. The van der Waals surface area contributed by atoms with E-state index in [1.807, 2.05) is 0 Å². The average Bonchev–Trinajstić information content (AvgIpc) is 2.65. The third-order valence-electron chi connectivity index (χ3n) is 6.12. The Morgan fingerprint density at radius 3 is 1.33 bits per heavy atom. The molecule has 24 heavy (non-hydrogen) atoms. The molecule has 0 aromatic heterocycles. The quantitative estimate of drug-likeness (QED) is 0.641. The van der Waals surface area contributed by atoms with Crippen LogP contribution in [0.25, 0.3) is 0 Å². The van der Waals surface area contributed by atoms with Gasteiger partial charge in [0.05, 0.1) is 26.1 Å². The number of esters is 2. The van der Waals surface area contributed by atoms with Gasteiger partial charge in [-0.05, 0) is 24.7 Å². The summed E-state index contributed by atoms with van der Waals surface area (Å²) in [7, 11) is 2.87. The molecule has 2 rings (SSSR count). The number of hydrogen-bond donors (Lipinski definition) is 0. The van der Waals surface area contributed by atoms with Crippen molar-refractivity contribution >= 4 is 11.9 Å². The van der Waals surface area contributed by atoms with Crippen LogP contribution in [0, 0.1) is 23.7 Å². The van der Waals surface area contributed by atoms with E-state index in [9.17, 15) is 9.59 Å². The minimum atomic E-state index is -0.340. The van der Waals surface area contributed by atoms with Gasteiger partial charge in [-0.2, -0.15) is 0 Å². The number of rotatable bonds is 7. The summed E-state index contributed by atoms with van der Waals surface area (Å²) < 4.78 is 10.1. The molecule has 0 aliphatic heterocycles. The van der Waals surface area contributed by atoms with Crippen molar-refractivity contribution in [3.05, 3.63) is 0 Å². The van der Waals surface area contributed by atoms with Crippen LogP contribution in [0.1, 0.15) is 77.0 Å². The van der Waals surface area contributed by atoms with Gasteiger partial charge in [-0.1, -0.05) is 64.2 Å². The minimum absolute atomic E-state index is 0.230. The van der Waals surface area contributed by atoms with E-state index in [4.69, 9.17) is 9.47 Å². The molecule has 0 radical (unpaired) electrons. The molecule has 4 nitrogen and oxygen atoms in total. The summed E-state index contributed by atoms with van der Waals surface area (Å²) in [5, 5.41) is 0. The zero-order valence-corrected chi connectivity index (χ0v) is 15.4. The van der Waals surface area contributed by atoms with E-state index in [2.05, 4.69) is 0 Å². The van der Waals surface area contributed by atoms with Crippen LogP contribution in [0.3, 0.4) is 0 Å². The van der Waals surface area contributed by atoms with Gasteiger partial charge in [-0.15, -0.1) is 0 Å². The number of carbonyl (C=O) groups is 2. The van der Waals surface area contributed by atoms with Crippen molar-refractivity contribution in [2.45, 2.75) is 77.0 Å². The van der Waals surface area contributed by atoms with Crippen LogP contribution >= 0.6 is 0 Å². The van der Waals surface area contributed by atoms with Crippen LogP contribution in [0.4, 0.5) is 0 Å². The summed E-state index contributed by atoms with van der Waals surface area (Å²) in [5.41, 5.74) is 0. The zero-order valence-electron chi connectivity index (χ0n) is 15.4. The fourth-order valence-corrected chi connectivity index (χ4v) is 4.72. The van der Waals surface area contributed by atoms with Gasteiger partial charge in [0.1, 0.15) is 0 Å². The summed E-state index contributed by atoms with van der Waals surface area (Å²) >= 11 is 0. The lowest BCUT2D eigenvalue weighted by molar-refractivity contribution is -0.159. The summed E-state index contributed by atoms with van der Waals surface area (Å²) in [6.45, 7) is 0. The highest BCUT2D eigenvalue weighted by Crippen LogP contribution is 2.37. The first-order valence-electron chi connectivity index (χ1n) is 9.81. The molecule has 0 aromatic rings. The van der Waals surface area contributed by atoms with Gasteiger partial charge in [-0.3, -0.25) is 9.59 Å². The molecule has 2 aliphatic carbocycles. The van der Waals surface area contributed by atoms with Crippen LogP contribution in [0.2, 0.25) is 0 Å². The smallest absolute Gasteiger partial charge is 0.309 e. The minimum Gasteiger partial charge on any atom is -0.469 e. The van der Waals surface area contributed by atoms with E-state index in [0.29, 0.717) is 11.8 Å². The molecule has 4 heteroatoms. The Morgan fingerprint density at radius 1 is 0.708 bits per heavy atom. The maximum absolute atomic E-state index is 12.5. The van der Waals surface area contributed by atoms with Crippen LogP contribution in [0.5, 0.6) is 0 Å². The van der Waals surface area contributed by atoms with E-state index < -0.39 is 0 Å². The number of ether oxygens (including phenoxy) is 2. The monoisotopic (exact) mass is 338 g/mol. The molecule has 0 amide bonds. The van der Waals surface area contributed by atoms with Gasteiger partial charge < -0.3 is 9.47 Å². The predicted molar refractivity (Wildman–Crippen MR) is 93.4 cm³/mol. The van der Waals surface area contributed by atoms with Gasteiger partial charge in [0.2, 0.25) is 0 Å². The topological polar surface area (TPSA) is 52.6 Å². The van der Waals surface area contributed by atoms with Gasteiger partial charge in [0, 0.05) is 0 Å². The Bertz CT molecular complexity index is 356. The summed E-state index contributed by atoms with van der Waals surface area (Å²) in [5.74, 6) is -0.0544. The lowest BCUT2D eigenvalue weighted by Gasteiger charge is -2.32. The molecule has 2 unspecified atom stereocenters. The van der Waals surface area contributed by atoms with Crippen LogP contribution in [0.15, 0.2) is 0 Å². The van der Waals surface area contributed by atoms with Crippen LogP contribution < -0.4 is 0 Å². The van der Waals surface area contributed by atoms with Crippen molar-refractivity contribution in [1.29, 1.82) is 0 Å². The number of hydrogen-bond acceptors (Lipinski definition) is 4. The molecular formula is C20H34O4. The molecule has 2 fully saturated rings. The second kappa shape index (κ2) is 10.0. The second-order valence-electron chi connectivity index (χ2n) is 7.74. The highest BCUT2D eigenvalue weighted by atomic mass is 16.5. The third kappa shape index (κ3) is 5.49. The van der Waals surface area contributed by atoms with Gasteiger partial charge in [0.15, 0.2) is 0 Å². The molecule has 0 saturated heterocycles. The molecule has 0 N–H and O–H groups in total. The largest absolute Gasteiger partial charge is 0.469 e. The molecular weight excluding hydrogens is 304 g/mol. The first kappa shape index (κ1) is 19.3. The van der Waals surface area contributed by atoms with Crippen molar-refractivity contribution < 1.29 is 19.1 Å². The van der Waals surface area contributed by atoms with Crippen molar-refractivity contribution in [3.8, 4) is 0 Å². The molecule has 0 bridgehead atoms. The Kier molecular flexibility index (Phi) is 8.07. The molecule has 0 aromatic carbocycles. The van der Waals surface area contributed by atoms with E-state index in [0.717, 1.165) is 12.8 Å². The highest BCUT2D eigenvalue weighted by Gasteiger charge is 2.38. The molecule has 0 heterocycles.